The van der Waals surface area contributed by atoms with E-state index < -0.39 is 18.4 Å². The van der Waals surface area contributed by atoms with Crippen molar-refractivity contribution in [1.29, 1.82) is 0 Å². The molecule has 0 atom stereocenters. The average molecular weight is 292 g/mol. The molecule has 0 aliphatic rings. The van der Waals surface area contributed by atoms with E-state index in [0.29, 0.717) is 0 Å². The molecule has 0 N–H and O–H groups in total. The van der Waals surface area contributed by atoms with Gasteiger partial charge in [-0.05, 0) is 0 Å². The van der Waals surface area contributed by atoms with Crippen LogP contribution in [0.15, 0.2) is 36.5 Å². The predicted octanol–water partition coefficient (Wildman–Crippen LogP) is 2.78. The summed E-state index contributed by atoms with van der Waals surface area (Å²) in [4.78, 5) is 11.6. The number of aromatic nitrogens is 1. The van der Waals surface area contributed by atoms with Crippen molar-refractivity contribution in [2.24, 2.45) is 0 Å². The van der Waals surface area contributed by atoms with E-state index in [4.69, 9.17) is 0 Å². The second-order valence-corrected chi connectivity index (χ2v) is 19.2. The second-order valence-electron chi connectivity index (χ2n) is 4.66. The van der Waals surface area contributed by atoms with Gasteiger partial charge in [0.25, 0.3) is 0 Å². The molecule has 0 aliphatic heterocycles. The van der Waals surface area contributed by atoms with E-state index in [-0.39, 0.29) is 0 Å². The molecule has 72 valence electrons. The van der Waals surface area contributed by atoms with E-state index in [2.05, 4.69) is 44.1 Å². The Labute approximate surface area is 89.0 Å². The van der Waals surface area contributed by atoms with Crippen molar-refractivity contribution in [2.45, 2.75) is 14.8 Å². The van der Waals surface area contributed by atoms with Crippen LogP contribution in [0.3, 0.4) is 0 Å². The molecule has 1 aromatic heterocycles. The Morgan fingerprint density at radius 3 is 2.57 bits per heavy atom. The van der Waals surface area contributed by atoms with Crippen LogP contribution < -0.4 is 3.58 Å². The van der Waals surface area contributed by atoms with Crippen LogP contribution in [0.25, 0.3) is 10.9 Å². The van der Waals surface area contributed by atoms with Crippen molar-refractivity contribution in [1.82, 2.24) is 4.98 Å². The Balaban J connectivity index is 2.63. The zero-order valence-electron chi connectivity index (χ0n) is 8.91. The van der Waals surface area contributed by atoms with E-state index in [0.717, 1.165) is 5.52 Å². The molecule has 2 aromatic rings. The molecule has 1 aromatic carbocycles. The van der Waals surface area contributed by atoms with Crippen molar-refractivity contribution in [3.05, 3.63) is 36.5 Å². The van der Waals surface area contributed by atoms with E-state index in [9.17, 15) is 0 Å². The first kappa shape index (κ1) is 9.96. The number of nitrogens with zero attached hydrogens (tertiary/aromatic N) is 1. The summed E-state index contributed by atoms with van der Waals surface area (Å²) in [6, 6.07) is 10.9. The van der Waals surface area contributed by atoms with Gasteiger partial charge in [0.2, 0.25) is 0 Å². The molecular formula is C12H15NSn. The van der Waals surface area contributed by atoms with Gasteiger partial charge in [0, 0.05) is 0 Å². The first-order valence-electron chi connectivity index (χ1n) is 4.93. The third kappa shape index (κ3) is 1.92. The third-order valence-electron chi connectivity index (χ3n) is 2.47. The number of benzene rings is 1. The molecule has 14 heavy (non-hydrogen) atoms. The van der Waals surface area contributed by atoms with Crippen LogP contribution in [-0.2, 0) is 0 Å². The van der Waals surface area contributed by atoms with Crippen molar-refractivity contribution >= 4 is 32.9 Å². The van der Waals surface area contributed by atoms with Gasteiger partial charge in [0.05, 0.1) is 0 Å². The molecule has 1 nitrogen and oxygen atoms in total. The SMILES string of the molecule is [CH3][Sn]([CH3])([CH3])[c]1ccc2ncccc2c1. The molecule has 0 radical (unpaired) electrons. The Kier molecular flexibility index (Phi) is 2.52. The molecular weight excluding hydrogens is 277 g/mol. The summed E-state index contributed by atoms with van der Waals surface area (Å²) in [5.41, 5.74) is 1.10. The van der Waals surface area contributed by atoms with Crippen LogP contribution in [0, 0.1) is 0 Å². The summed E-state index contributed by atoms with van der Waals surface area (Å²) in [6.45, 7) is 0. The van der Waals surface area contributed by atoms with E-state index in [1.807, 2.05) is 12.3 Å². The minimum atomic E-state index is -1.89. The van der Waals surface area contributed by atoms with Crippen LogP contribution >= 0.6 is 0 Å². The zero-order valence-corrected chi connectivity index (χ0v) is 11.8. The molecule has 0 bridgehead atoms. The Hall–Kier alpha value is -0.571. The molecule has 0 saturated heterocycles. The fourth-order valence-corrected chi connectivity index (χ4v) is 4.89. The van der Waals surface area contributed by atoms with Crippen molar-refractivity contribution in [3.63, 3.8) is 0 Å². The molecule has 0 unspecified atom stereocenters. The number of fused-ring (bicyclic) bond motifs is 1. The van der Waals surface area contributed by atoms with Crippen molar-refractivity contribution in [2.75, 3.05) is 0 Å². The van der Waals surface area contributed by atoms with Crippen molar-refractivity contribution < 1.29 is 0 Å². The van der Waals surface area contributed by atoms with Gasteiger partial charge >= 0.3 is 89.2 Å². The second kappa shape index (κ2) is 3.54. The number of hydrogen-bond donors (Lipinski definition) is 0. The Morgan fingerprint density at radius 2 is 1.86 bits per heavy atom. The quantitative estimate of drug-likeness (QED) is 0.736. The molecule has 2 rings (SSSR count). The summed E-state index contributed by atoms with van der Waals surface area (Å²) in [5, 5.41) is 1.27. The number of rotatable bonds is 1. The molecule has 0 aliphatic carbocycles. The van der Waals surface area contributed by atoms with Gasteiger partial charge in [-0.2, -0.15) is 0 Å². The van der Waals surface area contributed by atoms with Crippen molar-refractivity contribution in [3.8, 4) is 0 Å². The monoisotopic (exact) mass is 293 g/mol. The third-order valence-corrected chi connectivity index (χ3v) is 8.30. The average Bonchev–Trinajstić information content (AvgIpc) is 2.16. The molecule has 0 amide bonds. The van der Waals surface area contributed by atoms with Gasteiger partial charge < -0.3 is 0 Å². The summed E-state index contributed by atoms with van der Waals surface area (Å²) >= 11 is -1.89. The standard InChI is InChI=1S/C9H6N.3CH3.Sn/c1-2-6-9-8(4-1)5-3-7-10-9;;;;/h2-7H;3*1H3;. The van der Waals surface area contributed by atoms with Crippen LogP contribution in [-0.4, -0.2) is 23.4 Å². The summed E-state index contributed by atoms with van der Waals surface area (Å²) < 4.78 is 1.57. The van der Waals surface area contributed by atoms with Crippen LogP contribution in [0.1, 0.15) is 0 Å². The van der Waals surface area contributed by atoms with Crippen LogP contribution in [0.2, 0.25) is 14.8 Å². The van der Waals surface area contributed by atoms with Gasteiger partial charge in [-0.25, -0.2) is 0 Å². The zero-order chi connectivity index (χ0) is 10.2. The topological polar surface area (TPSA) is 12.9 Å². The van der Waals surface area contributed by atoms with Gasteiger partial charge in [0.15, 0.2) is 0 Å². The summed E-state index contributed by atoms with van der Waals surface area (Å²) in [5.74, 6) is 0. The van der Waals surface area contributed by atoms with Gasteiger partial charge in [-0.1, -0.05) is 0 Å². The number of hydrogen-bond acceptors (Lipinski definition) is 1. The first-order chi connectivity index (χ1) is 6.57. The van der Waals surface area contributed by atoms with Gasteiger partial charge in [0.1, 0.15) is 0 Å². The Morgan fingerprint density at radius 1 is 1.07 bits per heavy atom. The van der Waals surface area contributed by atoms with Gasteiger partial charge in [-0.3, -0.25) is 0 Å². The van der Waals surface area contributed by atoms with Crippen LogP contribution in [0.5, 0.6) is 0 Å². The molecule has 0 spiro atoms. The molecule has 1 heterocycles. The first-order valence-corrected chi connectivity index (χ1v) is 14.9. The Bertz CT molecular complexity index is 457. The maximum absolute atomic E-state index is 4.33. The van der Waals surface area contributed by atoms with Gasteiger partial charge in [-0.15, -0.1) is 0 Å². The van der Waals surface area contributed by atoms with E-state index >= 15 is 0 Å². The van der Waals surface area contributed by atoms with E-state index in [1.165, 1.54) is 5.39 Å². The molecule has 0 fully saturated rings. The van der Waals surface area contributed by atoms with Crippen LogP contribution in [0.4, 0.5) is 0 Å². The summed E-state index contributed by atoms with van der Waals surface area (Å²) in [6.07, 6.45) is 1.85. The number of pyridine rings is 1. The molecule has 0 saturated carbocycles. The fourth-order valence-electron chi connectivity index (χ4n) is 1.54. The van der Waals surface area contributed by atoms with E-state index in [1.54, 1.807) is 3.58 Å². The normalized spacial score (nSPS) is 11.9. The predicted molar refractivity (Wildman–Crippen MR) is 64.7 cm³/mol. The molecule has 2 heteroatoms. The summed E-state index contributed by atoms with van der Waals surface area (Å²) in [7, 11) is 0. The maximum atomic E-state index is 4.33. The fraction of sp³-hybridized carbons (Fsp3) is 0.250. The minimum absolute atomic E-state index is 1.10.